The van der Waals surface area contributed by atoms with Crippen LogP contribution in [0.15, 0.2) is 166 Å². The van der Waals surface area contributed by atoms with E-state index in [9.17, 15) is 0 Å². The average Bonchev–Trinajstić information content (AvgIpc) is 3.77. The SMILES string of the molecule is C=N/C(=N\C(=N/Cc1cccc(-c2cccc3c2CC2=C3CCC=C2c2ccc3c(c2)C2=C(C=CCC2)C3)c1)c1ccccc1)c1ccccc1. The summed E-state index contributed by atoms with van der Waals surface area (Å²) in [6, 6.07) is 43.1. The van der Waals surface area contributed by atoms with Crippen molar-refractivity contribution >= 4 is 35.1 Å². The number of amidine groups is 2. The van der Waals surface area contributed by atoms with E-state index in [1.165, 1.54) is 61.2 Å². The summed E-state index contributed by atoms with van der Waals surface area (Å²) < 4.78 is 0. The minimum Gasteiger partial charge on any atom is -0.261 e. The molecule has 246 valence electrons. The molecule has 0 N–H and O–H groups in total. The molecule has 0 heterocycles. The Morgan fingerprint density at radius 3 is 2.20 bits per heavy atom. The number of hydrogen-bond donors (Lipinski definition) is 0. The molecule has 9 rings (SSSR count). The highest BCUT2D eigenvalue weighted by atomic mass is 15.0. The van der Waals surface area contributed by atoms with E-state index in [1.807, 2.05) is 60.7 Å². The molecule has 0 aliphatic heterocycles. The van der Waals surface area contributed by atoms with Gasteiger partial charge in [-0.2, -0.15) is 0 Å². The zero-order valence-corrected chi connectivity index (χ0v) is 28.8. The van der Waals surface area contributed by atoms with Crippen LogP contribution in [-0.4, -0.2) is 18.4 Å². The van der Waals surface area contributed by atoms with E-state index in [0.717, 1.165) is 55.2 Å². The van der Waals surface area contributed by atoms with E-state index in [1.54, 1.807) is 5.57 Å². The number of rotatable bonds is 6. The largest absolute Gasteiger partial charge is 0.261 e. The van der Waals surface area contributed by atoms with Gasteiger partial charge in [-0.25, -0.2) is 9.98 Å². The molecule has 0 fully saturated rings. The molecule has 5 aromatic carbocycles. The van der Waals surface area contributed by atoms with Gasteiger partial charge in [0.15, 0.2) is 11.7 Å². The Morgan fingerprint density at radius 1 is 0.608 bits per heavy atom. The molecule has 3 heteroatoms. The molecule has 0 unspecified atom stereocenters. The Labute approximate surface area is 300 Å². The number of allylic oxidation sites excluding steroid dienone is 8. The molecule has 4 aliphatic rings. The minimum absolute atomic E-state index is 0.504. The van der Waals surface area contributed by atoms with Gasteiger partial charge >= 0.3 is 0 Å². The number of nitrogens with zero attached hydrogens (tertiary/aromatic N) is 3. The molecule has 0 radical (unpaired) electrons. The van der Waals surface area contributed by atoms with Crippen LogP contribution in [-0.2, 0) is 19.4 Å². The van der Waals surface area contributed by atoms with Crippen molar-refractivity contribution in [2.45, 2.75) is 45.1 Å². The highest BCUT2D eigenvalue weighted by Crippen LogP contribution is 2.49. The van der Waals surface area contributed by atoms with Crippen molar-refractivity contribution < 1.29 is 0 Å². The lowest BCUT2D eigenvalue weighted by Gasteiger charge is -2.19. The first-order valence-corrected chi connectivity index (χ1v) is 18.1. The van der Waals surface area contributed by atoms with E-state index < -0.39 is 0 Å². The van der Waals surface area contributed by atoms with Crippen molar-refractivity contribution in [3.05, 3.63) is 195 Å². The molecule has 0 spiro atoms. The van der Waals surface area contributed by atoms with E-state index in [4.69, 9.17) is 9.98 Å². The molecule has 3 nitrogen and oxygen atoms in total. The van der Waals surface area contributed by atoms with Crippen molar-refractivity contribution in [3.63, 3.8) is 0 Å². The summed E-state index contributed by atoms with van der Waals surface area (Å²) in [4.78, 5) is 14.2. The van der Waals surface area contributed by atoms with Gasteiger partial charge in [-0.3, -0.25) is 4.99 Å². The Balaban J connectivity index is 1.02. The van der Waals surface area contributed by atoms with Gasteiger partial charge in [0.2, 0.25) is 0 Å². The predicted octanol–water partition coefficient (Wildman–Crippen LogP) is 11.3. The van der Waals surface area contributed by atoms with Gasteiger partial charge in [0.25, 0.3) is 0 Å². The first-order valence-electron chi connectivity index (χ1n) is 18.1. The van der Waals surface area contributed by atoms with Gasteiger partial charge in [-0.1, -0.05) is 127 Å². The number of benzene rings is 5. The summed E-state index contributed by atoms with van der Waals surface area (Å²) >= 11 is 0. The smallest absolute Gasteiger partial charge is 0.161 e. The topological polar surface area (TPSA) is 37.1 Å². The van der Waals surface area contributed by atoms with E-state index >= 15 is 0 Å². The van der Waals surface area contributed by atoms with Crippen LogP contribution in [0.3, 0.4) is 0 Å². The second-order valence-corrected chi connectivity index (χ2v) is 13.8. The summed E-state index contributed by atoms with van der Waals surface area (Å²) in [7, 11) is 0. The maximum absolute atomic E-state index is 5.06. The number of hydrogen-bond acceptors (Lipinski definition) is 1. The van der Waals surface area contributed by atoms with Crippen LogP contribution in [0.2, 0.25) is 0 Å². The molecule has 0 aromatic heterocycles. The van der Waals surface area contributed by atoms with Crippen molar-refractivity contribution in [2.75, 3.05) is 0 Å². The molecule has 5 aromatic rings. The molecule has 0 bridgehead atoms. The molecule has 0 amide bonds. The third kappa shape index (κ3) is 5.89. The summed E-state index contributed by atoms with van der Waals surface area (Å²) in [6.07, 6.45) is 13.7. The van der Waals surface area contributed by atoms with Gasteiger partial charge in [-0.05, 0) is 130 Å². The van der Waals surface area contributed by atoms with E-state index in [-0.39, 0.29) is 0 Å². The molecular formula is C48H39N3. The van der Waals surface area contributed by atoms with Crippen LogP contribution in [0.1, 0.15) is 70.2 Å². The van der Waals surface area contributed by atoms with Crippen LogP contribution >= 0.6 is 0 Å². The third-order valence-electron chi connectivity index (χ3n) is 10.8. The first-order chi connectivity index (χ1) is 25.2. The molecule has 0 saturated carbocycles. The quantitative estimate of drug-likeness (QED) is 0.129. The van der Waals surface area contributed by atoms with Gasteiger partial charge < -0.3 is 0 Å². The highest BCUT2D eigenvalue weighted by molar-refractivity contribution is 6.12. The van der Waals surface area contributed by atoms with Crippen LogP contribution in [0.5, 0.6) is 0 Å². The fraction of sp³-hybridized carbons (Fsp3) is 0.146. The average molecular weight is 658 g/mol. The molecular weight excluding hydrogens is 619 g/mol. The van der Waals surface area contributed by atoms with Gasteiger partial charge in [0, 0.05) is 11.1 Å². The normalized spacial score (nSPS) is 16.4. The summed E-state index contributed by atoms with van der Waals surface area (Å²) in [5, 5.41) is 0. The molecule has 4 aliphatic carbocycles. The van der Waals surface area contributed by atoms with Gasteiger partial charge in [-0.15, -0.1) is 0 Å². The van der Waals surface area contributed by atoms with Crippen molar-refractivity contribution in [2.24, 2.45) is 15.0 Å². The Morgan fingerprint density at radius 2 is 1.37 bits per heavy atom. The summed E-state index contributed by atoms with van der Waals surface area (Å²) in [5.74, 6) is 1.20. The maximum Gasteiger partial charge on any atom is 0.161 e. The zero-order valence-electron chi connectivity index (χ0n) is 28.8. The fourth-order valence-electron chi connectivity index (χ4n) is 8.33. The predicted molar refractivity (Wildman–Crippen MR) is 214 cm³/mol. The van der Waals surface area contributed by atoms with Gasteiger partial charge in [0.05, 0.1) is 6.54 Å². The minimum atomic E-state index is 0.504. The standard InChI is InChI=1S/C48H39N3/c1-49-47(33-14-4-2-5-15-33)51-48(34-16-6-3-7-17-34)50-31-32-13-10-19-35(27-32)40-21-11-23-42-43-24-12-22-41(46(43)30-45(40)42)38-26-25-37-28-36-18-8-9-20-39(36)44(37)29-38/h2-8,10-11,13-19,21-23,25-27,29H,1,9,12,20,24,28,30-31H2/b50-48-,51-47-. The van der Waals surface area contributed by atoms with Crippen LogP contribution in [0.4, 0.5) is 0 Å². The molecule has 0 saturated heterocycles. The number of aliphatic imine (C=N–C) groups is 3. The van der Waals surface area contributed by atoms with Crippen molar-refractivity contribution in [1.29, 1.82) is 0 Å². The van der Waals surface area contributed by atoms with E-state index in [2.05, 4.69) is 90.6 Å². The maximum atomic E-state index is 5.06. The van der Waals surface area contributed by atoms with Crippen LogP contribution in [0.25, 0.3) is 27.8 Å². The lowest BCUT2D eigenvalue weighted by Crippen LogP contribution is -2.05. The van der Waals surface area contributed by atoms with Crippen molar-refractivity contribution in [1.82, 2.24) is 0 Å². The Bertz CT molecular complexity index is 2380. The monoisotopic (exact) mass is 657 g/mol. The third-order valence-corrected chi connectivity index (χ3v) is 10.8. The molecule has 51 heavy (non-hydrogen) atoms. The van der Waals surface area contributed by atoms with Crippen LogP contribution < -0.4 is 0 Å². The Hall–Kier alpha value is -5.93. The highest BCUT2D eigenvalue weighted by Gasteiger charge is 2.30. The second-order valence-electron chi connectivity index (χ2n) is 13.8. The summed E-state index contributed by atoms with van der Waals surface area (Å²) in [6.45, 7) is 4.31. The van der Waals surface area contributed by atoms with Crippen molar-refractivity contribution in [3.8, 4) is 11.1 Å². The number of fused-ring (bicyclic) bond motifs is 4. The second kappa shape index (κ2) is 13.4. The van der Waals surface area contributed by atoms with E-state index in [0.29, 0.717) is 18.2 Å². The molecule has 0 atom stereocenters. The van der Waals surface area contributed by atoms with Crippen LogP contribution in [0, 0.1) is 0 Å². The summed E-state index contributed by atoms with van der Waals surface area (Å²) in [5.41, 5.74) is 20.3. The lowest BCUT2D eigenvalue weighted by atomic mass is 9.85. The fourth-order valence-corrected chi connectivity index (χ4v) is 8.33. The lowest BCUT2D eigenvalue weighted by molar-refractivity contribution is 1.04. The Kier molecular flexibility index (Phi) is 8.17. The first kappa shape index (κ1) is 31.1. The zero-order chi connectivity index (χ0) is 34.1. The van der Waals surface area contributed by atoms with Gasteiger partial charge in [0.1, 0.15) is 0 Å².